The molecule has 1 heterocycles. The van der Waals surface area contributed by atoms with E-state index in [-0.39, 0.29) is 22.5 Å². The van der Waals surface area contributed by atoms with Crippen molar-refractivity contribution in [2.45, 2.75) is 0 Å². The van der Waals surface area contributed by atoms with Gasteiger partial charge in [-0.1, -0.05) is 12.1 Å². The molecule has 0 aliphatic heterocycles. The molecule has 3 aromatic rings. The van der Waals surface area contributed by atoms with Crippen LogP contribution in [0.25, 0.3) is 22.4 Å². The third-order valence-corrected chi connectivity index (χ3v) is 3.16. The zero-order valence-corrected chi connectivity index (χ0v) is 10.8. The Balaban J connectivity index is 2.20. The highest BCUT2D eigenvalue weighted by atomic mass is 19.1. The monoisotopic (exact) mass is 283 g/mol. The van der Waals surface area contributed by atoms with E-state index in [1.165, 1.54) is 12.1 Å². The second kappa shape index (κ2) is 4.82. The van der Waals surface area contributed by atoms with Crippen LogP contribution in [0.3, 0.4) is 0 Å². The van der Waals surface area contributed by atoms with Gasteiger partial charge in [-0.25, -0.2) is 9.37 Å². The molecular formula is C15H10FN3O2. The standard InChI is InChI=1S/C15H10FN3O2/c16-11-6-8(7-20)4-5-9(11)15-18-12-3-1-2-10(14(17)21)13(12)19-15/h1-7H,(H2,17,21)(H,18,19). The summed E-state index contributed by atoms with van der Waals surface area (Å²) in [4.78, 5) is 29.2. The van der Waals surface area contributed by atoms with Crippen LogP contribution in [-0.2, 0) is 0 Å². The van der Waals surface area contributed by atoms with Crippen molar-refractivity contribution in [1.82, 2.24) is 9.97 Å². The first kappa shape index (κ1) is 13.0. The second-order valence-corrected chi connectivity index (χ2v) is 4.51. The Morgan fingerprint density at radius 2 is 2.10 bits per heavy atom. The number of imidazole rings is 1. The number of hydrogen-bond donors (Lipinski definition) is 2. The third kappa shape index (κ3) is 2.16. The van der Waals surface area contributed by atoms with E-state index in [0.29, 0.717) is 17.3 Å². The van der Waals surface area contributed by atoms with Crippen LogP contribution in [0.4, 0.5) is 4.39 Å². The van der Waals surface area contributed by atoms with Gasteiger partial charge >= 0.3 is 0 Å². The maximum absolute atomic E-state index is 14.0. The van der Waals surface area contributed by atoms with Gasteiger partial charge in [0.25, 0.3) is 5.91 Å². The number of nitrogens with zero attached hydrogens (tertiary/aromatic N) is 1. The quantitative estimate of drug-likeness (QED) is 0.723. The molecule has 21 heavy (non-hydrogen) atoms. The van der Waals surface area contributed by atoms with Crippen molar-refractivity contribution in [2.75, 3.05) is 0 Å². The lowest BCUT2D eigenvalue weighted by molar-refractivity contribution is 0.100. The highest BCUT2D eigenvalue weighted by molar-refractivity contribution is 6.04. The van der Waals surface area contributed by atoms with Crippen molar-refractivity contribution in [2.24, 2.45) is 5.73 Å². The summed E-state index contributed by atoms with van der Waals surface area (Å²) in [6, 6.07) is 9.02. The Hall–Kier alpha value is -3.02. The Kier molecular flexibility index (Phi) is 2.98. The highest BCUT2D eigenvalue weighted by Crippen LogP contribution is 2.25. The first-order valence-corrected chi connectivity index (χ1v) is 6.14. The fourth-order valence-corrected chi connectivity index (χ4v) is 2.16. The van der Waals surface area contributed by atoms with Gasteiger partial charge in [-0.2, -0.15) is 0 Å². The van der Waals surface area contributed by atoms with E-state index in [1.54, 1.807) is 18.2 Å². The van der Waals surface area contributed by atoms with Gasteiger partial charge in [0.05, 0.1) is 16.6 Å². The summed E-state index contributed by atoms with van der Waals surface area (Å²) in [6.45, 7) is 0. The number of carbonyl (C=O) groups excluding carboxylic acids is 2. The molecule has 104 valence electrons. The fraction of sp³-hybridized carbons (Fsp3) is 0. The molecule has 0 aliphatic rings. The Morgan fingerprint density at radius 3 is 2.76 bits per heavy atom. The van der Waals surface area contributed by atoms with Gasteiger partial charge in [-0.3, -0.25) is 9.59 Å². The van der Waals surface area contributed by atoms with Crippen molar-refractivity contribution < 1.29 is 14.0 Å². The molecule has 3 N–H and O–H groups in total. The van der Waals surface area contributed by atoms with Crippen molar-refractivity contribution in [3.63, 3.8) is 0 Å². The second-order valence-electron chi connectivity index (χ2n) is 4.51. The number of primary amides is 1. The number of nitrogens with two attached hydrogens (primary N) is 1. The minimum Gasteiger partial charge on any atom is -0.366 e. The maximum Gasteiger partial charge on any atom is 0.250 e. The number of rotatable bonds is 3. The molecule has 6 heteroatoms. The van der Waals surface area contributed by atoms with Crippen LogP contribution in [0.1, 0.15) is 20.7 Å². The maximum atomic E-state index is 14.0. The lowest BCUT2D eigenvalue weighted by atomic mass is 10.1. The van der Waals surface area contributed by atoms with E-state index >= 15 is 0 Å². The largest absolute Gasteiger partial charge is 0.366 e. The normalized spacial score (nSPS) is 10.7. The number of nitrogens with one attached hydrogen (secondary N) is 1. The molecular weight excluding hydrogens is 273 g/mol. The lowest BCUT2D eigenvalue weighted by Gasteiger charge is -1.99. The Morgan fingerprint density at radius 1 is 1.29 bits per heavy atom. The Bertz CT molecular complexity index is 870. The first-order chi connectivity index (χ1) is 10.1. The molecule has 0 saturated heterocycles. The molecule has 5 nitrogen and oxygen atoms in total. The lowest BCUT2D eigenvalue weighted by Crippen LogP contribution is -2.11. The molecule has 0 saturated carbocycles. The molecule has 2 aromatic carbocycles. The topological polar surface area (TPSA) is 88.8 Å². The van der Waals surface area contributed by atoms with E-state index in [4.69, 9.17) is 5.73 Å². The minimum absolute atomic E-state index is 0.215. The van der Waals surface area contributed by atoms with E-state index in [2.05, 4.69) is 9.97 Å². The number of aromatic nitrogens is 2. The smallest absolute Gasteiger partial charge is 0.250 e. The molecule has 0 fully saturated rings. The van der Waals surface area contributed by atoms with Crippen LogP contribution >= 0.6 is 0 Å². The molecule has 3 rings (SSSR count). The number of para-hydroxylation sites is 1. The molecule has 0 unspecified atom stereocenters. The number of benzene rings is 2. The van der Waals surface area contributed by atoms with E-state index < -0.39 is 11.7 Å². The average molecular weight is 283 g/mol. The highest BCUT2D eigenvalue weighted by Gasteiger charge is 2.14. The van der Waals surface area contributed by atoms with E-state index in [1.807, 2.05) is 0 Å². The number of carbonyl (C=O) groups is 2. The number of halogens is 1. The van der Waals surface area contributed by atoms with Crippen LogP contribution in [0.15, 0.2) is 36.4 Å². The predicted molar refractivity (Wildman–Crippen MR) is 75.4 cm³/mol. The van der Waals surface area contributed by atoms with Crippen molar-refractivity contribution in [3.8, 4) is 11.4 Å². The molecule has 0 aliphatic carbocycles. The van der Waals surface area contributed by atoms with Gasteiger partial charge in [-0.15, -0.1) is 0 Å². The number of amides is 1. The van der Waals surface area contributed by atoms with Gasteiger partial charge in [0.2, 0.25) is 0 Å². The van der Waals surface area contributed by atoms with Crippen LogP contribution < -0.4 is 5.73 Å². The number of hydrogen-bond acceptors (Lipinski definition) is 3. The number of fused-ring (bicyclic) bond motifs is 1. The van der Waals surface area contributed by atoms with Gasteiger partial charge in [0.1, 0.15) is 23.4 Å². The van der Waals surface area contributed by atoms with Crippen molar-refractivity contribution in [1.29, 1.82) is 0 Å². The third-order valence-electron chi connectivity index (χ3n) is 3.16. The summed E-state index contributed by atoms with van der Waals surface area (Å²) < 4.78 is 14.0. The zero-order valence-electron chi connectivity index (χ0n) is 10.8. The van der Waals surface area contributed by atoms with Crippen LogP contribution in [-0.4, -0.2) is 22.2 Å². The van der Waals surface area contributed by atoms with E-state index in [9.17, 15) is 14.0 Å². The van der Waals surface area contributed by atoms with Crippen LogP contribution in [0, 0.1) is 5.82 Å². The summed E-state index contributed by atoms with van der Waals surface area (Å²) in [5.41, 5.74) is 6.98. The van der Waals surface area contributed by atoms with E-state index in [0.717, 1.165) is 6.07 Å². The summed E-state index contributed by atoms with van der Waals surface area (Å²) >= 11 is 0. The molecule has 0 atom stereocenters. The van der Waals surface area contributed by atoms with Gasteiger partial charge in [0.15, 0.2) is 0 Å². The minimum atomic E-state index is -0.601. The fourth-order valence-electron chi connectivity index (χ4n) is 2.16. The van der Waals surface area contributed by atoms with Gasteiger partial charge < -0.3 is 10.7 Å². The zero-order chi connectivity index (χ0) is 15.0. The summed E-state index contributed by atoms with van der Waals surface area (Å²) in [7, 11) is 0. The number of H-pyrrole nitrogens is 1. The molecule has 0 radical (unpaired) electrons. The van der Waals surface area contributed by atoms with Crippen molar-refractivity contribution >= 4 is 23.2 Å². The molecule has 0 bridgehead atoms. The van der Waals surface area contributed by atoms with Crippen molar-refractivity contribution in [3.05, 3.63) is 53.3 Å². The molecule has 0 spiro atoms. The van der Waals surface area contributed by atoms with Gasteiger partial charge in [0, 0.05) is 5.56 Å². The molecule has 1 aromatic heterocycles. The summed E-state index contributed by atoms with van der Waals surface area (Å²) in [6.07, 6.45) is 0.566. The first-order valence-electron chi connectivity index (χ1n) is 6.14. The predicted octanol–water partition coefficient (Wildman–Crippen LogP) is 2.28. The average Bonchev–Trinajstić information content (AvgIpc) is 2.90. The number of aromatic amines is 1. The number of aldehydes is 1. The molecule has 1 amide bonds. The van der Waals surface area contributed by atoms with Crippen LogP contribution in [0.5, 0.6) is 0 Å². The summed E-state index contributed by atoms with van der Waals surface area (Å²) in [5, 5.41) is 0. The Labute approximate surface area is 118 Å². The van der Waals surface area contributed by atoms with Gasteiger partial charge in [-0.05, 0) is 24.3 Å². The SMILES string of the molecule is NC(=O)c1cccc2[nH]c(-c3ccc(C=O)cc3F)nc12. The van der Waals surface area contributed by atoms with Crippen LogP contribution in [0.2, 0.25) is 0 Å². The summed E-state index contributed by atoms with van der Waals surface area (Å²) in [5.74, 6) is -0.900.